The third-order valence-corrected chi connectivity index (χ3v) is 9.13. The highest BCUT2D eigenvalue weighted by atomic mass is 35.5. The van der Waals surface area contributed by atoms with Crippen LogP contribution in [0.25, 0.3) is 0 Å². The summed E-state index contributed by atoms with van der Waals surface area (Å²) in [5.74, 6) is -4.91. The maximum absolute atomic E-state index is 15.0. The Bertz CT molecular complexity index is 1660. The molecule has 0 spiro atoms. The lowest BCUT2D eigenvalue weighted by Crippen LogP contribution is -2.68. The SMILES string of the molecule is COc1ccc(Cc2cc([C@]3(OC)O[C@](C=O)(CO)[C@@H](C)[C@H](OCc4ccccc4)[C@H]3OCc3ccccc3)ccc2Cl)c(F)c1F. The Kier molecular flexibility index (Phi) is 11.1. The molecular weight excluding hydrogens is 630 g/mol. The van der Waals surface area contributed by atoms with Crippen molar-refractivity contribution in [3.05, 3.63) is 135 Å². The molecular formula is C37H37ClF2O7. The van der Waals surface area contributed by atoms with E-state index in [9.17, 15) is 14.3 Å². The van der Waals surface area contributed by atoms with Crippen molar-refractivity contribution in [3.8, 4) is 5.75 Å². The Morgan fingerprint density at radius 3 is 2.09 bits per heavy atom. The summed E-state index contributed by atoms with van der Waals surface area (Å²) in [5.41, 5.74) is 0.844. The van der Waals surface area contributed by atoms with Crippen LogP contribution in [-0.4, -0.2) is 50.0 Å². The standard InChI is InChI=1S/C37H37ClF2O7/c1-24-34(45-20-25-10-6-4-7-11-25)35(46-21-26-12-8-5-9-13-26)37(44-3,47-36(24,22-41)23-42)29-15-16-30(38)28(19-29)18-27-14-17-31(43-2)33(40)32(27)39/h4-17,19,22,24,34-35,42H,18,20-21,23H2,1-3H3/t24-,34-,35+,36+,37-/m0/s1. The molecule has 4 aromatic carbocycles. The third kappa shape index (κ3) is 6.97. The Morgan fingerprint density at radius 1 is 0.872 bits per heavy atom. The normalized spacial score (nSPS) is 24.2. The fourth-order valence-electron chi connectivity index (χ4n) is 5.99. The number of methoxy groups -OCH3 is 2. The fraction of sp³-hybridized carbons (Fsp3) is 0.324. The number of aliphatic hydroxyl groups is 1. The van der Waals surface area contributed by atoms with E-state index in [1.54, 1.807) is 25.1 Å². The topological polar surface area (TPSA) is 83.5 Å². The molecule has 0 radical (unpaired) electrons. The van der Waals surface area contributed by atoms with Gasteiger partial charge in [-0.2, -0.15) is 4.39 Å². The average Bonchev–Trinajstić information content (AvgIpc) is 3.11. The van der Waals surface area contributed by atoms with Crippen LogP contribution in [0, 0.1) is 17.6 Å². The second-order valence-electron chi connectivity index (χ2n) is 11.5. The number of ether oxygens (including phenoxy) is 5. The van der Waals surface area contributed by atoms with Gasteiger partial charge in [0.05, 0.1) is 33.0 Å². The van der Waals surface area contributed by atoms with Crippen molar-refractivity contribution in [2.75, 3.05) is 20.8 Å². The second kappa shape index (κ2) is 15.0. The van der Waals surface area contributed by atoms with Gasteiger partial charge in [0.25, 0.3) is 0 Å². The highest BCUT2D eigenvalue weighted by Gasteiger charge is 2.62. The number of aliphatic hydroxyl groups excluding tert-OH is 1. The number of halogens is 3. The van der Waals surface area contributed by atoms with E-state index < -0.39 is 47.8 Å². The molecule has 7 nitrogen and oxygen atoms in total. The van der Waals surface area contributed by atoms with Crippen LogP contribution in [0.2, 0.25) is 5.02 Å². The minimum Gasteiger partial charge on any atom is -0.494 e. The summed E-state index contributed by atoms with van der Waals surface area (Å²) in [6, 6.07) is 26.7. The minimum absolute atomic E-state index is 0.0468. The molecule has 1 fully saturated rings. The Hall–Kier alpha value is -3.70. The van der Waals surface area contributed by atoms with E-state index in [1.165, 1.54) is 26.4 Å². The quantitative estimate of drug-likeness (QED) is 0.158. The fourth-order valence-corrected chi connectivity index (χ4v) is 6.18. The molecule has 0 aliphatic carbocycles. The maximum atomic E-state index is 15.0. The van der Waals surface area contributed by atoms with Gasteiger partial charge in [-0.05, 0) is 40.5 Å². The van der Waals surface area contributed by atoms with Crippen LogP contribution in [0.5, 0.6) is 5.75 Å². The molecule has 0 bridgehead atoms. The lowest BCUT2D eigenvalue weighted by atomic mass is 9.76. The smallest absolute Gasteiger partial charge is 0.225 e. The van der Waals surface area contributed by atoms with Crippen LogP contribution < -0.4 is 4.74 Å². The van der Waals surface area contributed by atoms with Gasteiger partial charge in [0.1, 0.15) is 6.10 Å². The number of hydrogen-bond donors (Lipinski definition) is 1. The molecule has 0 aromatic heterocycles. The van der Waals surface area contributed by atoms with Crippen molar-refractivity contribution in [1.82, 2.24) is 0 Å². The highest BCUT2D eigenvalue weighted by molar-refractivity contribution is 6.31. The van der Waals surface area contributed by atoms with Gasteiger partial charge < -0.3 is 33.6 Å². The van der Waals surface area contributed by atoms with Crippen LogP contribution in [0.15, 0.2) is 91.0 Å². The van der Waals surface area contributed by atoms with Gasteiger partial charge in [-0.15, -0.1) is 0 Å². The third-order valence-electron chi connectivity index (χ3n) is 8.76. The molecule has 10 heteroatoms. The Morgan fingerprint density at radius 2 is 1.51 bits per heavy atom. The molecule has 1 N–H and O–H groups in total. The monoisotopic (exact) mass is 666 g/mol. The van der Waals surface area contributed by atoms with Crippen molar-refractivity contribution < 1.29 is 42.4 Å². The predicted molar refractivity (Wildman–Crippen MR) is 172 cm³/mol. The number of carbonyl (C=O) groups excluding carboxylic acids is 1. The van der Waals surface area contributed by atoms with E-state index in [0.29, 0.717) is 17.4 Å². The number of benzene rings is 4. The van der Waals surface area contributed by atoms with Crippen LogP contribution in [0.3, 0.4) is 0 Å². The zero-order chi connectivity index (χ0) is 33.6. The predicted octanol–water partition coefficient (Wildman–Crippen LogP) is 6.78. The first kappa shape index (κ1) is 34.6. The molecule has 47 heavy (non-hydrogen) atoms. The summed E-state index contributed by atoms with van der Waals surface area (Å²) in [6.45, 7) is 1.40. The van der Waals surface area contributed by atoms with Gasteiger partial charge >= 0.3 is 0 Å². The van der Waals surface area contributed by atoms with Crippen LogP contribution in [-0.2, 0) is 49.2 Å². The van der Waals surface area contributed by atoms with Gasteiger partial charge in [0.15, 0.2) is 23.5 Å². The van der Waals surface area contributed by atoms with Gasteiger partial charge in [-0.25, -0.2) is 4.39 Å². The van der Waals surface area contributed by atoms with Crippen molar-refractivity contribution in [2.45, 2.75) is 50.2 Å². The molecule has 5 rings (SSSR count). The van der Waals surface area contributed by atoms with Crippen LogP contribution in [0.4, 0.5) is 8.78 Å². The summed E-state index contributed by atoms with van der Waals surface area (Å²) in [5, 5.41) is 10.9. The molecule has 1 aliphatic heterocycles. The number of rotatable bonds is 13. The lowest BCUT2D eigenvalue weighted by Gasteiger charge is -2.54. The van der Waals surface area contributed by atoms with E-state index in [-0.39, 0.29) is 36.0 Å². The molecule has 4 aromatic rings. The van der Waals surface area contributed by atoms with Gasteiger partial charge in [0.2, 0.25) is 11.6 Å². The van der Waals surface area contributed by atoms with Gasteiger partial charge in [0, 0.05) is 30.0 Å². The van der Waals surface area contributed by atoms with Gasteiger partial charge in [-0.3, -0.25) is 0 Å². The molecule has 0 unspecified atom stereocenters. The van der Waals surface area contributed by atoms with E-state index >= 15 is 4.39 Å². The first-order valence-electron chi connectivity index (χ1n) is 15.1. The molecule has 1 aliphatic rings. The Labute approximate surface area is 277 Å². The van der Waals surface area contributed by atoms with E-state index in [4.69, 9.17) is 35.3 Å². The van der Waals surface area contributed by atoms with Crippen molar-refractivity contribution in [3.63, 3.8) is 0 Å². The molecule has 1 heterocycles. The molecule has 0 saturated carbocycles. The van der Waals surface area contributed by atoms with Crippen LogP contribution in [0.1, 0.15) is 34.7 Å². The zero-order valence-electron chi connectivity index (χ0n) is 26.3. The van der Waals surface area contributed by atoms with Crippen molar-refractivity contribution in [1.29, 1.82) is 0 Å². The molecule has 1 saturated heterocycles. The van der Waals surface area contributed by atoms with E-state index in [0.717, 1.165) is 11.1 Å². The van der Waals surface area contributed by atoms with E-state index in [1.807, 2.05) is 60.7 Å². The summed E-state index contributed by atoms with van der Waals surface area (Å²) in [4.78, 5) is 12.8. The first-order chi connectivity index (χ1) is 22.7. The Balaban J connectivity index is 1.62. The molecule has 248 valence electrons. The van der Waals surface area contributed by atoms with Crippen molar-refractivity contribution in [2.24, 2.45) is 5.92 Å². The first-order valence-corrected chi connectivity index (χ1v) is 15.5. The zero-order valence-corrected chi connectivity index (χ0v) is 27.1. The summed E-state index contributed by atoms with van der Waals surface area (Å²) >= 11 is 6.61. The average molecular weight is 667 g/mol. The van der Waals surface area contributed by atoms with Crippen molar-refractivity contribution >= 4 is 17.9 Å². The number of aldehydes is 1. The number of hydrogen-bond acceptors (Lipinski definition) is 7. The second-order valence-corrected chi connectivity index (χ2v) is 11.9. The highest BCUT2D eigenvalue weighted by Crippen LogP contribution is 2.49. The maximum Gasteiger partial charge on any atom is 0.225 e. The number of carbonyl (C=O) groups is 1. The molecule has 0 amide bonds. The van der Waals surface area contributed by atoms with E-state index in [2.05, 4.69) is 0 Å². The van der Waals surface area contributed by atoms with Crippen LogP contribution >= 0.6 is 11.6 Å². The summed E-state index contributed by atoms with van der Waals surface area (Å²) in [6.07, 6.45) is -1.35. The summed E-state index contributed by atoms with van der Waals surface area (Å²) in [7, 11) is 2.66. The lowest BCUT2D eigenvalue weighted by molar-refractivity contribution is -0.389. The minimum atomic E-state index is -1.82. The van der Waals surface area contributed by atoms with Gasteiger partial charge in [-0.1, -0.05) is 91.3 Å². The summed E-state index contributed by atoms with van der Waals surface area (Å²) < 4.78 is 60.5. The molecule has 5 atom stereocenters. The largest absolute Gasteiger partial charge is 0.494 e.